The summed E-state index contributed by atoms with van der Waals surface area (Å²) in [5, 5.41) is 1.78. The lowest BCUT2D eigenvalue weighted by Gasteiger charge is -2.35. The van der Waals surface area contributed by atoms with Crippen molar-refractivity contribution < 1.29 is 23.9 Å². The van der Waals surface area contributed by atoms with Crippen molar-refractivity contribution in [3.05, 3.63) is 96.1 Å². The molecule has 2 aliphatic rings. The van der Waals surface area contributed by atoms with Crippen LogP contribution in [0.4, 0.5) is 15.3 Å². The minimum Gasteiger partial charge on any atom is -0.451 e. The van der Waals surface area contributed by atoms with Gasteiger partial charge in [-0.1, -0.05) is 66.7 Å². The van der Waals surface area contributed by atoms with E-state index in [0.717, 1.165) is 22.6 Å². The maximum absolute atomic E-state index is 14.4. The predicted octanol–water partition coefficient (Wildman–Crippen LogP) is 6.01. The Balaban J connectivity index is 1.40. The fraction of sp³-hybridized carbons (Fsp3) is 0.314. The third kappa shape index (κ3) is 6.19. The summed E-state index contributed by atoms with van der Waals surface area (Å²) >= 11 is 0. The Kier molecular flexibility index (Phi) is 8.16. The Morgan fingerprint density at radius 2 is 1.58 bits per heavy atom. The molecule has 3 amide bonds. The van der Waals surface area contributed by atoms with Crippen molar-refractivity contribution in [1.82, 2.24) is 20.2 Å². The van der Waals surface area contributed by atoms with E-state index in [1.54, 1.807) is 24.3 Å². The number of aromatic nitrogens is 1. The summed E-state index contributed by atoms with van der Waals surface area (Å²) in [5.41, 5.74) is 6.10. The number of rotatable bonds is 5. The van der Waals surface area contributed by atoms with E-state index in [1.165, 1.54) is 7.11 Å². The van der Waals surface area contributed by atoms with Gasteiger partial charge < -0.3 is 14.4 Å². The van der Waals surface area contributed by atoms with Gasteiger partial charge in [0.2, 0.25) is 0 Å². The number of benzene rings is 3. The van der Waals surface area contributed by atoms with Gasteiger partial charge in [0.05, 0.1) is 29.6 Å². The molecule has 0 unspecified atom stereocenters. The second kappa shape index (κ2) is 12.2. The molecule has 6 rings (SSSR count). The maximum Gasteiger partial charge on any atom is 0.433 e. The van der Waals surface area contributed by atoms with Crippen LogP contribution in [-0.2, 0) is 16.0 Å². The molecule has 1 N–H and O–H groups in total. The number of nitrogens with one attached hydrogen (secondary N) is 1. The lowest BCUT2D eigenvalue weighted by Crippen LogP contribution is -2.50. The van der Waals surface area contributed by atoms with Crippen LogP contribution in [0, 0.1) is 0 Å². The number of hydrazine groups is 1. The van der Waals surface area contributed by atoms with Crippen LogP contribution < -0.4 is 10.4 Å². The molecule has 1 aromatic heterocycles. The van der Waals surface area contributed by atoms with Crippen molar-refractivity contribution in [3.63, 3.8) is 0 Å². The van der Waals surface area contributed by atoms with E-state index < -0.39 is 17.6 Å². The number of ether oxygens (including phenoxy) is 2. The minimum atomic E-state index is -0.725. The molecule has 0 aliphatic carbocycles. The highest BCUT2D eigenvalue weighted by atomic mass is 16.6. The molecule has 0 saturated carbocycles. The molecule has 2 fully saturated rings. The van der Waals surface area contributed by atoms with Crippen LogP contribution in [0.3, 0.4) is 0 Å². The van der Waals surface area contributed by atoms with Crippen LogP contribution in [0.2, 0.25) is 0 Å². The highest BCUT2D eigenvalue weighted by Gasteiger charge is 2.47. The van der Waals surface area contributed by atoms with E-state index in [2.05, 4.69) is 10.3 Å². The van der Waals surface area contributed by atoms with Crippen LogP contribution in [0.5, 0.6) is 0 Å². The van der Waals surface area contributed by atoms with Gasteiger partial charge in [-0.25, -0.2) is 14.6 Å². The number of amides is 3. The van der Waals surface area contributed by atoms with E-state index in [0.29, 0.717) is 47.5 Å². The molecule has 2 atom stereocenters. The van der Waals surface area contributed by atoms with Crippen molar-refractivity contribution in [2.24, 2.45) is 0 Å². The number of hydrogen-bond acceptors (Lipinski definition) is 7. The Morgan fingerprint density at radius 3 is 2.22 bits per heavy atom. The number of anilines is 1. The van der Waals surface area contributed by atoms with E-state index in [9.17, 15) is 14.4 Å². The number of likely N-dealkylation sites (tertiary alicyclic amines) is 2. The van der Waals surface area contributed by atoms with Gasteiger partial charge in [0.15, 0.2) is 0 Å². The van der Waals surface area contributed by atoms with Crippen molar-refractivity contribution in [2.45, 2.75) is 51.4 Å². The number of methoxy groups -OCH3 is 1. The summed E-state index contributed by atoms with van der Waals surface area (Å²) in [6.45, 7) is 7.23. The summed E-state index contributed by atoms with van der Waals surface area (Å²) in [6.07, 6.45) is -0.195. The molecular weight excluding hydrogens is 570 g/mol. The van der Waals surface area contributed by atoms with Gasteiger partial charge >= 0.3 is 12.2 Å². The van der Waals surface area contributed by atoms with Gasteiger partial charge in [0.25, 0.3) is 5.91 Å². The first-order chi connectivity index (χ1) is 21.6. The molecule has 2 aliphatic heterocycles. The fourth-order valence-corrected chi connectivity index (χ4v) is 6.23. The van der Waals surface area contributed by atoms with Crippen LogP contribution >= 0.6 is 0 Å². The van der Waals surface area contributed by atoms with Gasteiger partial charge in [-0.3, -0.25) is 15.1 Å². The second-order valence-corrected chi connectivity index (χ2v) is 12.4. The van der Waals surface area contributed by atoms with Crippen molar-refractivity contribution in [3.8, 4) is 11.3 Å². The van der Waals surface area contributed by atoms with E-state index >= 15 is 0 Å². The lowest BCUT2D eigenvalue weighted by molar-refractivity contribution is 0.0124. The van der Waals surface area contributed by atoms with Gasteiger partial charge in [-0.05, 0) is 45.4 Å². The second-order valence-electron chi connectivity index (χ2n) is 12.4. The van der Waals surface area contributed by atoms with Gasteiger partial charge in [-0.2, -0.15) is 5.01 Å². The first-order valence-electron chi connectivity index (χ1n) is 15.1. The molecule has 4 aromatic rings. The zero-order valence-corrected chi connectivity index (χ0v) is 25.9. The molecule has 0 spiro atoms. The van der Waals surface area contributed by atoms with Crippen LogP contribution in [0.25, 0.3) is 22.2 Å². The Bertz CT molecular complexity index is 1720. The molecule has 2 saturated heterocycles. The number of carbonyl (C=O) groups excluding carboxylic acids is 3. The Morgan fingerprint density at radius 1 is 0.911 bits per heavy atom. The van der Waals surface area contributed by atoms with Crippen LogP contribution in [0.1, 0.15) is 43.1 Å². The quantitative estimate of drug-likeness (QED) is 0.277. The molecular formula is C35H37N5O5. The number of hydrogen-bond donors (Lipinski definition) is 1. The molecule has 3 aromatic carbocycles. The molecule has 3 heterocycles. The van der Waals surface area contributed by atoms with Gasteiger partial charge in [0, 0.05) is 48.2 Å². The predicted molar refractivity (Wildman–Crippen MR) is 172 cm³/mol. The third-order valence-corrected chi connectivity index (χ3v) is 8.20. The smallest absolute Gasteiger partial charge is 0.433 e. The molecule has 10 nitrogen and oxygen atoms in total. The topological polar surface area (TPSA) is 104 Å². The third-order valence-electron chi connectivity index (χ3n) is 8.20. The number of carbonyl (C=O) groups is 3. The van der Waals surface area contributed by atoms with Gasteiger partial charge in [-0.15, -0.1) is 0 Å². The van der Waals surface area contributed by atoms with Crippen molar-refractivity contribution in [1.29, 1.82) is 0 Å². The first kappa shape index (κ1) is 30.1. The summed E-state index contributed by atoms with van der Waals surface area (Å²) in [7, 11) is 1.27. The maximum atomic E-state index is 14.4. The molecule has 0 radical (unpaired) electrons. The van der Waals surface area contributed by atoms with Gasteiger partial charge in [0.1, 0.15) is 5.60 Å². The molecule has 232 valence electrons. The molecule has 2 bridgehead atoms. The zero-order chi connectivity index (χ0) is 31.7. The van der Waals surface area contributed by atoms with Crippen molar-refractivity contribution in [2.75, 3.05) is 25.2 Å². The lowest BCUT2D eigenvalue weighted by atomic mass is 9.95. The number of para-hydroxylation sites is 2. The number of pyridine rings is 1. The highest BCUT2D eigenvalue weighted by Crippen LogP contribution is 2.37. The summed E-state index contributed by atoms with van der Waals surface area (Å²) in [6, 6.07) is 26.3. The average molecular weight is 608 g/mol. The monoisotopic (exact) mass is 607 g/mol. The minimum absolute atomic E-state index is 0.0172. The largest absolute Gasteiger partial charge is 0.451 e. The number of piperazine rings is 1. The fourth-order valence-electron chi connectivity index (χ4n) is 6.23. The van der Waals surface area contributed by atoms with Crippen LogP contribution in [0.15, 0.2) is 84.9 Å². The van der Waals surface area contributed by atoms with Crippen molar-refractivity contribution >= 4 is 34.7 Å². The Hall–Kier alpha value is -4.96. The SMILES string of the molecule is COC(=O)N(NC(=O)c1c(CN2C[C@@H]3C[C@H]2CN3C(=O)OC(C)(C)C)c(-c2ccccc2)nc2ccccc12)c1ccccc1. The van der Waals surface area contributed by atoms with E-state index in [1.807, 2.05) is 86.3 Å². The summed E-state index contributed by atoms with van der Waals surface area (Å²) < 4.78 is 10.7. The normalized spacial score (nSPS) is 17.7. The zero-order valence-electron chi connectivity index (χ0n) is 25.9. The van der Waals surface area contributed by atoms with E-state index in [-0.39, 0.29) is 18.2 Å². The Labute approximate surface area is 262 Å². The van der Waals surface area contributed by atoms with E-state index in [4.69, 9.17) is 14.5 Å². The number of nitrogens with zero attached hydrogens (tertiary/aromatic N) is 4. The standard InChI is InChI=1S/C35H37N5O5/c1-35(2,3)45-33(42)39-21-25-19-26(39)20-38(25)22-28-30(32(41)37-40(34(43)44-4)24-15-9-6-10-16-24)27-17-11-12-18-29(27)36-31(28)23-13-7-5-8-14-23/h5-18,25-26H,19-22H2,1-4H3,(H,37,41)/t25-,26-/m0/s1. The molecule has 45 heavy (non-hydrogen) atoms. The van der Waals surface area contributed by atoms with Crippen LogP contribution in [-0.4, -0.2) is 70.8 Å². The average Bonchev–Trinajstić information content (AvgIpc) is 3.64. The summed E-state index contributed by atoms with van der Waals surface area (Å²) in [4.78, 5) is 49.4. The summed E-state index contributed by atoms with van der Waals surface area (Å²) in [5.74, 6) is -0.463. The first-order valence-corrected chi connectivity index (χ1v) is 15.1. The highest BCUT2D eigenvalue weighted by molar-refractivity contribution is 6.10. The molecule has 10 heteroatoms. The number of fused-ring (bicyclic) bond motifs is 3.